The monoisotopic (exact) mass is 313 g/mol. The summed E-state index contributed by atoms with van der Waals surface area (Å²) >= 11 is 0. The Morgan fingerprint density at radius 3 is 1.77 bits per heavy atom. The maximum absolute atomic E-state index is 12.5. The highest BCUT2D eigenvalue weighted by Crippen LogP contribution is 2.55. The van der Waals surface area contributed by atoms with E-state index in [0.717, 1.165) is 0 Å². The maximum atomic E-state index is 12.5. The molecule has 130 valence electrons. The number of nitrogens with zero attached hydrogens (tertiary/aromatic N) is 1. The van der Waals surface area contributed by atoms with E-state index in [4.69, 9.17) is 1.37 Å². The van der Waals surface area contributed by atoms with Crippen molar-refractivity contribution in [3.05, 3.63) is 0 Å². The molecule has 22 heavy (non-hydrogen) atoms. The van der Waals surface area contributed by atoms with E-state index in [2.05, 4.69) is 19.2 Å². The van der Waals surface area contributed by atoms with Crippen molar-refractivity contribution in [3.63, 3.8) is 0 Å². The summed E-state index contributed by atoms with van der Waals surface area (Å²) in [7, 11) is 3.74. The largest absolute Gasteiger partial charge is 0.349 e. The summed E-state index contributed by atoms with van der Waals surface area (Å²) in [5.41, 5.74) is -2.31. The van der Waals surface area contributed by atoms with Crippen LogP contribution in [0.1, 0.15) is 63.7 Å². The zero-order chi connectivity index (χ0) is 19.0. The Hall–Kier alpha value is -0.900. The zero-order valence-electron chi connectivity index (χ0n) is 17.3. The van der Waals surface area contributed by atoms with Gasteiger partial charge in [0.1, 0.15) is 7.63 Å². The van der Waals surface area contributed by atoms with Gasteiger partial charge in [-0.05, 0) is 45.7 Å². The van der Waals surface area contributed by atoms with E-state index >= 15 is 0 Å². The van der Waals surface area contributed by atoms with Gasteiger partial charge in [-0.25, -0.2) is 0 Å². The molecule has 0 aliphatic heterocycles. The quantitative estimate of drug-likeness (QED) is 0.735. The molecule has 0 heterocycles. The number of nitrogens with one attached hydrogen (secondary N) is 1. The minimum absolute atomic E-state index is 0.0427. The third-order valence-corrected chi connectivity index (χ3v) is 6.53. The van der Waals surface area contributed by atoms with Crippen LogP contribution in [0.3, 0.4) is 0 Å². The number of rotatable bonds is 7. The average Bonchev–Trinajstić information content (AvgIpc) is 2.35. The van der Waals surface area contributed by atoms with Crippen LogP contribution in [0.25, 0.3) is 0 Å². The van der Waals surface area contributed by atoms with Gasteiger partial charge in [-0.1, -0.05) is 41.5 Å². The molecule has 0 aromatic heterocycles. The normalized spacial score (nSPS) is 16.3. The molecule has 0 spiro atoms. The lowest BCUT2D eigenvalue weighted by Crippen LogP contribution is -2.64. The van der Waals surface area contributed by atoms with Crippen LogP contribution in [0.5, 0.6) is 0 Å². The lowest BCUT2D eigenvalue weighted by Gasteiger charge is -2.57. The Labute approximate surface area is 138 Å². The minimum atomic E-state index is -0.828. The zero-order valence-corrected chi connectivity index (χ0v) is 16.3. The third-order valence-electron chi connectivity index (χ3n) is 6.53. The van der Waals surface area contributed by atoms with Crippen molar-refractivity contribution in [2.24, 2.45) is 16.2 Å². The number of amides is 1. The number of hydrogen-bond donors (Lipinski definition) is 1. The van der Waals surface area contributed by atoms with Crippen molar-refractivity contribution in [2.75, 3.05) is 14.1 Å². The first kappa shape index (κ1) is 19.1. The molecular weight excluding hydrogens is 276 g/mol. The molecule has 0 saturated heterocycles. The summed E-state index contributed by atoms with van der Waals surface area (Å²) in [5.74, 6) is -0.0427. The molecule has 0 radical (unpaired) electrons. The fourth-order valence-corrected chi connectivity index (χ4v) is 2.49. The minimum Gasteiger partial charge on any atom is -0.349 e. The smallest absolute Gasteiger partial charge is 0.237 e. The number of hydrogen-bond acceptors (Lipinski definition) is 3. The SMILES string of the molecule is [2H]C(=O)C(C)(C)C(C)(C)C(C)(C)C(C)(C)NC(=O)C(C)N(C)C. The number of carbonyl (C=O) groups excluding carboxylic acids is 2. The highest BCUT2D eigenvalue weighted by atomic mass is 16.2. The lowest BCUT2D eigenvalue weighted by atomic mass is 9.50. The molecule has 0 fully saturated rings. The average molecular weight is 314 g/mol. The number of likely N-dealkylation sites (N-methyl/N-ethyl adjacent to an activating group) is 1. The molecule has 1 N–H and O–H groups in total. The van der Waals surface area contributed by atoms with Crippen molar-refractivity contribution < 1.29 is 11.0 Å². The maximum Gasteiger partial charge on any atom is 0.237 e. The summed E-state index contributed by atoms with van der Waals surface area (Å²) in [4.78, 5) is 26.2. The second-order valence-corrected chi connectivity index (χ2v) is 8.73. The predicted molar refractivity (Wildman–Crippen MR) is 92.8 cm³/mol. The van der Waals surface area contributed by atoms with E-state index in [1.807, 2.05) is 67.5 Å². The Balaban J connectivity index is 5.71. The second-order valence-electron chi connectivity index (χ2n) is 8.73. The second kappa shape index (κ2) is 6.31. The van der Waals surface area contributed by atoms with Gasteiger partial charge >= 0.3 is 0 Å². The van der Waals surface area contributed by atoms with Crippen LogP contribution in [0.4, 0.5) is 0 Å². The van der Waals surface area contributed by atoms with Crippen molar-refractivity contribution in [3.8, 4) is 0 Å². The fourth-order valence-electron chi connectivity index (χ4n) is 2.49. The van der Waals surface area contributed by atoms with Crippen LogP contribution in [0.15, 0.2) is 0 Å². The Kier molecular flexibility index (Phi) is 5.49. The summed E-state index contributed by atoms with van der Waals surface area (Å²) in [6, 6.07) is -0.237. The van der Waals surface area contributed by atoms with Gasteiger partial charge in [0.05, 0.1) is 6.04 Å². The molecule has 1 unspecified atom stereocenters. The van der Waals surface area contributed by atoms with Crippen molar-refractivity contribution in [2.45, 2.75) is 73.9 Å². The predicted octanol–water partition coefficient (Wildman–Crippen LogP) is 3.11. The molecule has 0 rings (SSSR count). The molecule has 4 nitrogen and oxygen atoms in total. The lowest BCUT2D eigenvalue weighted by molar-refractivity contribution is -0.137. The van der Waals surface area contributed by atoms with Crippen LogP contribution in [0, 0.1) is 16.2 Å². The van der Waals surface area contributed by atoms with Gasteiger partial charge in [-0.2, -0.15) is 0 Å². The standard InChI is InChI=1S/C18H36N2O2/c1-13(20(10)11)14(22)19-18(8,9)17(6,7)16(4,5)15(2,3)12-21/h12-13H,1-11H3,(H,19,22)/i12D. The summed E-state index contributed by atoms with van der Waals surface area (Å²) < 4.78 is 7.65. The van der Waals surface area contributed by atoms with Crippen LogP contribution < -0.4 is 5.32 Å². The summed E-state index contributed by atoms with van der Waals surface area (Å²) in [6.07, 6.45) is -0.584. The molecule has 1 atom stereocenters. The summed E-state index contributed by atoms with van der Waals surface area (Å²) in [5, 5.41) is 3.14. The van der Waals surface area contributed by atoms with Gasteiger partial charge in [0.2, 0.25) is 5.91 Å². The molecule has 0 saturated carbocycles. The highest BCUT2D eigenvalue weighted by molar-refractivity contribution is 5.82. The van der Waals surface area contributed by atoms with E-state index in [0.29, 0.717) is 0 Å². The van der Waals surface area contributed by atoms with Crippen LogP contribution in [0.2, 0.25) is 0 Å². The third kappa shape index (κ3) is 3.53. The van der Waals surface area contributed by atoms with Gasteiger partial charge in [0.25, 0.3) is 0 Å². The van der Waals surface area contributed by atoms with Gasteiger partial charge in [-0.3, -0.25) is 9.69 Å². The first-order valence-corrected chi connectivity index (χ1v) is 7.93. The molecular formula is C18H36N2O2. The molecule has 0 aromatic carbocycles. The van der Waals surface area contributed by atoms with Crippen LogP contribution >= 0.6 is 0 Å². The van der Waals surface area contributed by atoms with Crippen molar-refractivity contribution >= 4 is 12.2 Å². The first-order chi connectivity index (χ1) is 9.93. The van der Waals surface area contributed by atoms with Gasteiger partial charge < -0.3 is 10.1 Å². The molecule has 0 aliphatic carbocycles. The van der Waals surface area contributed by atoms with Gasteiger partial charge in [-0.15, -0.1) is 0 Å². The first-order valence-electron chi connectivity index (χ1n) is 8.43. The van der Waals surface area contributed by atoms with Gasteiger partial charge in [0.15, 0.2) is 0 Å². The number of carbonyl (C=O) groups is 2. The van der Waals surface area contributed by atoms with E-state index in [1.165, 1.54) is 0 Å². The Morgan fingerprint density at radius 2 is 1.45 bits per heavy atom. The van der Waals surface area contributed by atoms with Crippen molar-refractivity contribution in [1.29, 1.82) is 0 Å². The van der Waals surface area contributed by atoms with E-state index < -0.39 is 28.0 Å². The molecule has 0 bridgehead atoms. The summed E-state index contributed by atoms with van der Waals surface area (Å²) in [6.45, 7) is 17.6. The molecule has 1 amide bonds. The van der Waals surface area contributed by atoms with Crippen LogP contribution in [-0.2, 0) is 9.59 Å². The van der Waals surface area contributed by atoms with E-state index in [9.17, 15) is 9.59 Å². The fraction of sp³-hybridized carbons (Fsp3) is 0.889. The van der Waals surface area contributed by atoms with Gasteiger partial charge in [0, 0.05) is 11.0 Å². The molecule has 0 aliphatic rings. The molecule has 4 heteroatoms. The van der Waals surface area contributed by atoms with Crippen molar-refractivity contribution in [1.82, 2.24) is 10.2 Å². The highest BCUT2D eigenvalue weighted by Gasteiger charge is 2.55. The van der Waals surface area contributed by atoms with Crippen LogP contribution in [-0.4, -0.2) is 42.7 Å². The Morgan fingerprint density at radius 1 is 1.05 bits per heavy atom. The molecule has 0 aromatic rings. The number of aldehydes is 1. The van der Waals surface area contributed by atoms with E-state index in [-0.39, 0.29) is 11.9 Å². The Bertz CT molecular complexity index is 466. The topological polar surface area (TPSA) is 49.4 Å². The van der Waals surface area contributed by atoms with E-state index in [1.54, 1.807) is 0 Å².